The van der Waals surface area contributed by atoms with E-state index in [9.17, 15) is 0 Å². The monoisotopic (exact) mass is 249 g/mol. The maximum Gasteiger partial charge on any atom is 0.158 e. The van der Waals surface area contributed by atoms with Gasteiger partial charge in [0.2, 0.25) is 0 Å². The van der Waals surface area contributed by atoms with Crippen LogP contribution in [0.2, 0.25) is 0 Å². The first-order valence-corrected chi connectivity index (χ1v) is 6.14. The fourth-order valence-corrected chi connectivity index (χ4v) is 2.30. The molecule has 3 N–H and O–H groups in total. The molecule has 2 heterocycles. The van der Waals surface area contributed by atoms with Crippen LogP contribution in [-0.2, 0) is 13.1 Å². The number of hydrazine groups is 1. The highest BCUT2D eigenvalue weighted by Crippen LogP contribution is 2.12. The fraction of sp³-hybridized carbons (Fsp3) is 0.273. The lowest BCUT2D eigenvalue weighted by Crippen LogP contribution is -2.18. The molecule has 0 fully saturated rings. The Balaban J connectivity index is 1.91. The maximum atomic E-state index is 5.23. The highest BCUT2D eigenvalue weighted by Gasteiger charge is 2.04. The number of hydrogen-bond acceptors (Lipinski definition) is 6. The predicted octanol–water partition coefficient (Wildman–Crippen LogP) is 1.46. The summed E-state index contributed by atoms with van der Waals surface area (Å²) in [6.45, 7) is 1.70. The average molecular weight is 249 g/mol. The number of hydrogen-bond donors (Lipinski definition) is 2. The summed E-state index contributed by atoms with van der Waals surface area (Å²) in [6.07, 6.45) is 3.37. The van der Waals surface area contributed by atoms with Crippen molar-refractivity contribution in [1.29, 1.82) is 0 Å². The molecule has 5 nitrogen and oxygen atoms in total. The van der Waals surface area contributed by atoms with Gasteiger partial charge in [-0.25, -0.2) is 10.8 Å². The van der Waals surface area contributed by atoms with Crippen molar-refractivity contribution >= 4 is 17.2 Å². The van der Waals surface area contributed by atoms with Crippen molar-refractivity contribution in [3.63, 3.8) is 0 Å². The highest BCUT2D eigenvalue weighted by atomic mass is 32.1. The minimum Gasteiger partial charge on any atom is -0.307 e. The average Bonchev–Trinajstić information content (AvgIpc) is 2.82. The molecule has 0 atom stereocenters. The van der Waals surface area contributed by atoms with Crippen LogP contribution in [0.5, 0.6) is 0 Å². The summed E-state index contributed by atoms with van der Waals surface area (Å²) in [6, 6.07) is 4.20. The molecule has 0 unspecified atom stereocenters. The number of anilines is 1. The summed E-state index contributed by atoms with van der Waals surface area (Å²) >= 11 is 1.76. The second kappa shape index (κ2) is 5.72. The molecule has 0 aromatic carbocycles. The topological polar surface area (TPSA) is 67.1 Å². The van der Waals surface area contributed by atoms with E-state index in [1.807, 2.05) is 0 Å². The molecule has 0 radical (unpaired) electrons. The van der Waals surface area contributed by atoms with Gasteiger partial charge in [-0.2, -0.15) is 0 Å². The molecular formula is C11H15N5S. The minimum absolute atomic E-state index is 0.578. The number of nitrogen functional groups attached to an aromatic ring is 1. The van der Waals surface area contributed by atoms with Gasteiger partial charge in [0.25, 0.3) is 0 Å². The van der Waals surface area contributed by atoms with Gasteiger partial charge >= 0.3 is 0 Å². The number of nitrogens with two attached hydrogens (primary N) is 1. The van der Waals surface area contributed by atoms with Gasteiger partial charge in [0.05, 0.1) is 18.1 Å². The van der Waals surface area contributed by atoms with E-state index in [1.54, 1.807) is 23.7 Å². The molecule has 6 heteroatoms. The van der Waals surface area contributed by atoms with Gasteiger partial charge in [0.15, 0.2) is 5.82 Å². The van der Waals surface area contributed by atoms with E-state index in [1.165, 1.54) is 4.88 Å². The Morgan fingerprint density at radius 1 is 1.35 bits per heavy atom. The summed E-state index contributed by atoms with van der Waals surface area (Å²) in [5.41, 5.74) is 3.39. The van der Waals surface area contributed by atoms with E-state index in [0.29, 0.717) is 5.82 Å². The molecule has 0 amide bonds. The largest absolute Gasteiger partial charge is 0.307 e. The van der Waals surface area contributed by atoms with Gasteiger partial charge in [-0.3, -0.25) is 9.88 Å². The summed E-state index contributed by atoms with van der Waals surface area (Å²) < 4.78 is 0. The standard InChI is InChI=1S/C11H15N5S/c1-16(8-10-3-2-4-17-10)7-9-5-14-11(15-12)6-13-9/h2-6H,7-8,12H2,1H3,(H,14,15). The van der Waals surface area contributed by atoms with Crippen molar-refractivity contribution in [2.24, 2.45) is 5.84 Å². The first-order chi connectivity index (χ1) is 8.28. The zero-order valence-corrected chi connectivity index (χ0v) is 10.4. The molecule has 2 rings (SSSR count). The molecule has 90 valence electrons. The lowest BCUT2D eigenvalue weighted by molar-refractivity contribution is 0.317. The number of aromatic nitrogens is 2. The summed E-state index contributed by atoms with van der Waals surface area (Å²) in [7, 11) is 2.07. The Hall–Kier alpha value is -1.50. The Kier molecular flexibility index (Phi) is 4.03. The van der Waals surface area contributed by atoms with Gasteiger partial charge in [0, 0.05) is 18.0 Å². The van der Waals surface area contributed by atoms with Crippen molar-refractivity contribution in [3.05, 3.63) is 40.5 Å². The molecular weight excluding hydrogens is 234 g/mol. The lowest BCUT2D eigenvalue weighted by Gasteiger charge is -2.14. The fourth-order valence-electron chi connectivity index (χ4n) is 1.51. The molecule has 0 spiro atoms. The molecule has 0 aliphatic heterocycles. The van der Waals surface area contributed by atoms with Crippen LogP contribution in [0, 0.1) is 0 Å². The highest BCUT2D eigenvalue weighted by molar-refractivity contribution is 7.09. The Morgan fingerprint density at radius 3 is 2.82 bits per heavy atom. The molecule has 0 aliphatic carbocycles. The lowest BCUT2D eigenvalue weighted by atomic mass is 10.4. The Bertz CT molecular complexity index is 439. The zero-order valence-electron chi connectivity index (χ0n) is 9.63. The van der Waals surface area contributed by atoms with Crippen LogP contribution >= 0.6 is 11.3 Å². The van der Waals surface area contributed by atoms with Crippen LogP contribution in [0.3, 0.4) is 0 Å². The summed E-state index contributed by atoms with van der Waals surface area (Å²) in [5, 5.41) is 2.09. The van der Waals surface area contributed by atoms with Crippen LogP contribution in [0.15, 0.2) is 29.9 Å². The summed E-state index contributed by atoms with van der Waals surface area (Å²) in [4.78, 5) is 11.9. The first kappa shape index (κ1) is 12.0. The van der Waals surface area contributed by atoms with Crippen LogP contribution in [0.4, 0.5) is 5.82 Å². The van der Waals surface area contributed by atoms with E-state index in [-0.39, 0.29) is 0 Å². The van der Waals surface area contributed by atoms with E-state index < -0.39 is 0 Å². The smallest absolute Gasteiger partial charge is 0.158 e. The van der Waals surface area contributed by atoms with Crippen molar-refractivity contribution in [3.8, 4) is 0 Å². The van der Waals surface area contributed by atoms with Crippen LogP contribution < -0.4 is 11.3 Å². The molecule has 0 aliphatic rings. The maximum absolute atomic E-state index is 5.23. The van der Waals surface area contributed by atoms with Gasteiger partial charge in [-0.05, 0) is 18.5 Å². The minimum atomic E-state index is 0.578. The van der Waals surface area contributed by atoms with Gasteiger partial charge in [-0.15, -0.1) is 11.3 Å². The third kappa shape index (κ3) is 3.48. The third-order valence-corrected chi connectivity index (χ3v) is 3.15. The number of nitrogens with one attached hydrogen (secondary N) is 1. The van der Waals surface area contributed by atoms with Crippen molar-refractivity contribution in [2.75, 3.05) is 12.5 Å². The van der Waals surface area contributed by atoms with E-state index in [0.717, 1.165) is 18.8 Å². The Labute approximate surface area is 104 Å². The summed E-state index contributed by atoms with van der Waals surface area (Å²) in [5.74, 6) is 5.81. The van der Waals surface area contributed by atoms with E-state index >= 15 is 0 Å². The van der Waals surface area contributed by atoms with Crippen LogP contribution in [-0.4, -0.2) is 21.9 Å². The van der Waals surface area contributed by atoms with Crippen molar-refractivity contribution in [1.82, 2.24) is 14.9 Å². The molecule has 17 heavy (non-hydrogen) atoms. The van der Waals surface area contributed by atoms with Crippen molar-refractivity contribution < 1.29 is 0 Å². The molecule has 2 aromatic rings. The third-order valence-electron chi connectivity index (χ3n) is 2.29. The Morgan fingerprint density at radius 2 is 2.24 bits per heavy atom. The van der Waals surface area contributed by atoms with Gasteiger partial charge in [0.1, 0.15) is 0 Å². The predicted molar refractivity (Wildman–Crippen MR) is 69.3 cm³/mol. The van der Waals surface area contributed by atoms with Crippen LogP contribution in [0.25, 0.3) is 0 Å². The van der Waals surface area contributed by atoms with Gasteiger partial charge in [-0.1, -0.05) is 6.07 Å². The second-order valence-electron chi connectivity index (χ2n) is 3.79. The van der Waals surface area contributed by atoms with E-state index in [2.05, 4.69) is 44.9 Å². The SMILES string of the molecule is CN(Cc1cnc(NN)cn1)Cc1cccs1. The molecule has 0 saturated carbocycles. The number of thiophene rings is 1. The number of nitrogens with zero attached hydrogens (tertiary/aromatic N) is 3. The normalized spacial score (nSPS) is 10.8. The van der Waals surface area contributed by atoms with E-state index in [4.69, 9.17) is 5.84 Å². The van der Waals surface area contributed by atoms with Crippen molar-refractivity contribution in [2.45, 2.75) is 13.1 Å². The molecule has 0 bridgehead atoms. The first-order valence-electron chi connectivity index (χ1n) is 5.26. The molecule has 2 aromatic heterocycles. The second-order valence-corrected chi connectivity index (χ2v) is 4.82. The molecule has 0 saturated heterocycles. The van der Waals surface area contributed by atoms with Gasteiger partial charge < -0.3 is 5.43 Å². The van der Waals surface area contributed by atoms with Crippen LogP contribution in [0.1, 0.15) is 10.6 Å². The quantitative estimate of drug-likeness (QED) is 0.620. The zero-order chi connectivity index (χ0) is 12.1. The number of rotatable bonds is 5.